The van der Waals surface area contributed by atoms with Gasteiger partial charge in [0.2, 0.25) is 5.91 Å². The van der Waals surface area contributed by atoms with E-state index in [4.69, 9.17) is 4.74 Å². The van der Waals surface area contributed by atoms with E-state index in [-0.39, 0.29) is 11.9 Å². The van der Waals surface area contributed by atoms with Gasteiger partial charge in [-0.3, -0.25) is 9.79 Å². The van der Waals surface area contributed by atoms with Gasteiger partial charge in [0.15, 0.2) is 5.17 Å². The number of benzene rings is 1. The van der Waals surface area contributed by atoms with Gasteiger partial charge in [-0.25, -0.2) is 0 Å². The number of aryl methyl sites for hydroxylation is 1. The molecule has 0 aliphatic carbocycles. The molecule has 3 aliphatic rings. The van der Waals surface area contributed by atoms with Gasteiger partial charge in [0.25, 0.3) is 0 Å². The molecule has 120 valence electrons. The number of carbonyl (C=O) groups is 1. The molecule has 5 nitrogen and oxygen atoms in total. The highest BCUT2D eigenvalue weighted by Gasteiger charge is 2.29. The maximum absolute atomic E-state index is 12.5. The first kappa shape index (κ1) is 14.6. The lowest BCUT2D eigenvalue weighted by Crippen LogP contribution is -2.33. The van der Waals surface area contributed by atoms with Crippen molar-refractivity contribution < 1.29 is 9.53 Å². The average Bonchev–Trinajstić information content (AvgIpc) is 3.13. The predicted octanol–water partition coefficient (Wildman–Crippen LogP) is 2.58. The molecule has 1 unspecified atom stereocenters. The summed E-state index contributed by atoms with van der Waals surface area (Å²) in [4.78, 5) is 19.0. The topological polar surface area (TPSA) is 53.9 Å². The number of hydrogen-bond donors (Lipinski definition) is 1. The lowest BCUT2D eigenvalue weighted by atomic mass is 9.98. The molecule has 3 heterocycles. The van der Waals surface area contributed by atoms with Gasteiger partial charge in [-0.2, -0.15) is 0 Å². The fourth-order valence-electron chi connectivity index (χ4n) is 3.19. The van der Waals surface area contributed by atoms with Crippen molar-refractivity contribution in [1.29, 1.82) is 0 Å². The second-order valence-electron chi connectivity index (χ2n) is 6.02. The van der Waals surface area contributed by atoms with Gasteiger partial charge in [-0.1, -0.05) is 29.5 Å². The molecule has 0 bridgehead atoms. The third-order valence-corrected chi connectivity index (χ3v) is 5.28. The fraction of sp³-hybridized carbons (Fsp3) is 0.412. The number of aliphatic imine (C=N–C) groups is 1. The molecule has 0 saturated heterocycles. The van der Waals surface area contributed by atoms with Gasteiger partial charge in [0.1, 0.15) is 5.75 Å². The molecule has 6 heteroatoms. The van der Waals surface area contributed by atoms with Crippen molar-refractivity contribution in [2.24, 2.45) is 4.99 Å². The standard InChI is InChI=1S/C17H19N3O2S/c1-11-2-3-15-13(8-11)14(4-7-22-15)19-16(21)9-12-10-23-17-18-5-6-20(12)17/h2-3,8,10,14H,4-7,9H2,1H3,(H,19,21). The molecule has 0 saturated carbocycles. The Morgan fingerprint density at radius 1 is 1.52 bits per heavy atom. The van der Waals surface area contributed by atoms with Gasteiger partial charge < -0.3 is 15.0 Å². The number of thioether (sulfide) groups is 1. The lowest BCUT2D eigenvalue weighted by molar-refractivity contribution is -0.121. The fourth-order valence-corrected chi connectivity index (χ4v) is 4.14. The smallest absolute Gasteiger partial charge is 0.226 e. The van der Waals surface area contributed by atoms with E-state index in [1.807, 2.05) is 17.5 Å². The van der Waals surface area contributed by atoms with Crippen LogP contribution in [0.15, 0.2) is 34.3 Å². The minimum atomic E-state index is 0.0347. The van der Waals surface area contributed by atoms with Crippen LogP contribution >= 0.6 is 11.8 Å². The zero-order chi connectivity index (χ0) is 15.8. The Labute approximate surface area is 139 Å². The van der Waals surface area contributed by atoms with Crippen molar-refractivity contribution in [2.75, 3.05) is 19.7 Å². The molecule has 4 rings (SSSR count). The number of ether oxygens (including phenoxy) is 1. The van der Waals surface area contributed by atoms with Crippen LogP contribution in [-0.2, 0) is 4.79 Å². The normalized spacial score (nSPS) is 22.0. The number of amidine groups is 1. The first-order valence-corrected chi connectivity index (χ1v) is 8.79. The van der Waals surface area contributed by atoms with Gasteiger partial charge in [0, 0.05) is 24.2 Å². The molecule has 0 aromatic heterocycles. The zero-order valence-electron chi connectivity index (χ0n) is 13.0. The van der Waals surface area contributed by atoms with Crippen molar-refractivity contribution >= 4 is 22.8 Å². The van der Waals surface area contributed by atoms with Crippen LogP contribution in [-0.4, -0.2) is 35.7 Å². The summed E-state index contributed by atoms with van der Waals surface area (Å²) in [5, 5.41) is 6.24. The number of amides is 1. The van der Waals surface area contributed by atoms with Crippen LogP contribution in [0.1, 0.15) is 30.0 Å². The number of rotatable bonds is 3. The van der Waals surface area contributed by atoms with E-state index in [0.717, 1.165) is 41.7 Å². The van der Waals surface area contributed by atoms with E-state index in [1.165, 1.54) is 5.56 Å². The molecule has 23 heavy (non-hydrogen) atoms. The zero-order valence-corrected chi connectivity index (χ0v) is 13.9. The molecule has 0 radical (unpaired) electrons. The summed E-state index contributed by atoms with van der Waals surface area (Å²) < 4.78 is 5.69. The van der Waals surface area contributed by atoms with Crippen LogP contribution in [0.3, 0.4) is 0 Å². The number of fused-ring (bicyclic) bond motifs is 2. The number of hydrogen-bond acceptors (Lipinski definition) is 5. The highest BCUT2D eigenvalue weighted by Crippen LogP contribution is 2.34. The maximum atomic E-state index is 12.5. The maximum Gasteiger partial charge on any atom is 0.226 e. The van der Waals surface area contributed by atoms with E-state index in [9.17, 15) is 4.79 Å². The molecule has 0 fully saturated rings. The van der Waals surface area contributed by atoms with Crippen molar-refractivity contribution in [3.63, 3.8) is 0 Å². The molecular weight excluding hydrogens is 310 g/mol. The van der Waals surface area contributed by atoms with E-state index >= 15 is 0 Å². The lowest BCUT2D eigenvalue weighted by Gasteiger charge is -2.27. The predicted molar refractivity (Wildman–Crippen MR) is 91.5 cm³/mol. The first-order chi connectivity index (χ1) is 11.2. The van der Waals surface area contributed by atoms with Crippen LogP contribution in [0.2, 0.25) is 0 Å². The van der Waals surface area contributed by atoms with Crippen molar-refractivity contribution in [2.45, 2.75) is 25.8 Å². The first-order valence-electron chi connectivity index (χ1n) is 7.91. The number of nitrogens with zero attached hydrogens (tertiary/aromatic N) is 2. The van der Waals surface area contributed by atoms with Gasteiger partial charge in [-0.15, -0.1) is 0 Å². The Morgan fingerprint density at radius 3 is 3.35 bits per heavy atom. The minimum absolute atomic E-state index is 0.0347. The van der Waals surface area contributed by atoms with Crippen LogP contribution in [0.25, 0.3) is 0 Å². The van der Waals surface area contributed by atoms with Crippen molar-refractivity contribution in [1.82, 2.24) is 10.2 Å². The monoisotopic (exact) mass is 329 g/mol. The Hall–Kier alpha value is -1.95. The van der Waals surface area contributed by atoms with Crippen LogP contribution in [0.5, 0.6) is 5.75 Å². The third kappa shape index (κ3) is 2.83. The number of carbonyl (C=O) groups excluding carboxylic acids is 1. The van der Waals surface area contributed by atoms with Crippen LogP contribution < -0.4 is 10.1 Å². The van der Waals surface area contributed by atoms with Crippen molar-refractivity contribution in [3.8, 4) is 5.75 Å². The van der Waals surface area contributed by atoms with Crippen LogP contribution in [0.4, 0.5) is 0 Å². The Bertz CT molecular complexity index is 714. The summed E-state index contributed by atoms with van der Waals surface area (Å²) in [6.45, 7) is 4.42. The highest BCUT2D eigenvalue weighted by molar-refractivity contribution is 8.16. The Balaban J connectivity index is 1.44. The largest absolute Gasteiger partial charge is 0.493 e. The Kier molecular flexibility index (Phi) is 3.77. The molecule has 1 atom stereocenters. The highest BCUT2D eigenvalue weighted by atomic mass is 32.2. The summed E-state index contributed by atoms with van der Waals surface area (Å²) >= 11 is 1.61. The molecule has 0 spiro atoms. The molecule has 1 N–H and O–H groups in total. The summed E-state index contributed by atoms with van der Waals surface area (Å²) in [6.07, 6.45) is 1.22. The molecule has 1 aromatic rings. The summed E-state index contributed by atoms with van der Waals surface area (Å²) in [6, 6.07) is 6.17. The minimum Gasteiger partial charge on any atom is -0.493 e. The molecule has 3 aliphatic heterocycles. The number of nitrogens with one attached hydrogen (secondary N) is 1. The quantitative estimate of drug-likeness (QED) is 0.926. The molecule has 1 aromatic carbocycles. The summed E-state index contributed by atoms with van der Waals surface area (Å²) in [5.74, 6) is 0.945. The van der Waals surface area contributed by atoms with E-state index < -0.39 is 0 Å². The molecular formula is C17H19N3O2S. The second kappa shape index (κ2) is 5.92. The van der Waals surface area contributed by atoms with Crippen molar-refractivity contribution in [3.05, 3.63) is 40.4 Å². The summed E-state index contributed by atoms with van der Waals surface area (Å²) in [5.41, 5.74) is 3.32. The van der Waals surface area contributed by atoms with Gasteiger partial charge >= 0.3 is 0 Å². The van der Waals surface area contributed by atoms with E-state index in [1.54, 1.807) is 11.8 Å². The Morgan fingerprint density at radius 2 is 2.43 bits per heavy atom. The van der Waals surface area contributed by atoms with E-state index in [0.29, 0.717) is 13.0 Å². The SMILES string of the molecule is Cc1ccc2c(c1)C(NC(=O)CC1=CSC3=NCCN13)CCO2. The van der Waals surface area contributed by atoms with Gasteiger partial charge in [-0.05, 0) is 18.4 Å². The van der Waals surface area contributed by atoms with Gasteiger partial charge in [0.05, 0.1) is 25.6 Å². The second-order valence-corrected chi connectivity index (χ2v) is 6.85. The third-order valence-electron chi connectivity index (χ3n) is 4.33. The molecule has 1 amide bonds. The van der Waals surface area contributed by atoms with E-state index in [2.05, 4.69) is 28.2 Å². The summed E-state index contributed by atoms with van der Waals surface area (Å²) in [7, 11) is 0. The van der Waals surface area contributed by atoms with Crippen LogP contribution in [0, 0.1) is 6.92 Å². The average molecular weight is 329 g/mol.